The molecule has 0 aromatic heterocycles. The molecule has 2 aliphatic carbocycles. The number of rotatable bonds is 0. The summed E-state index contributed by atoms with van der Waals surface area (Å²) >= 11 is 0. The predicted molar refractivity (Wildman–Crippen MR) is 69.4 cm³/mol. The fourth-order valence-electron chi connectivity index (χ4n) is 3.82. The van der Waals surface area contributed by atoms with E-state index in [1.807, 2.05) is 0 Å². The first-order valence-electron chi connectivity index (χ1n) is 6.36. The van der Waals surface area contributed by atoms with Gasteiger partial charge in [0.1, 0.15) is 0 Å². The van der Waals surface area contributed by atoms with E-state index in [4.69, 9.17) is 0 Å². The molecule has 0 aliphatic heterocycles. The van der Waals surface area contributed by atoms with Crippen LogP contribution in [0.5, 0.6) is 0 Å². The van der Waals surface area contributed by atoms with E-state index in [0.717, 1.165) is 0 Å². The van der Waals surface area contributed by atoms with Gasteiger partial charge in [0, 0.05) is 5.41 Å². The van der Waals surface area contributed by atoms with Crippen LogP contribution in [0.25, 0.3) is 6.08 Å². The first kappa shape index (κ1) is 10.1. The van der Waals surface area contributed by atoms with E-state index < -0.39 is 0 Å². The molecule has 0 bridgehead atoms. The third kappa shape index (κ3) is 1.16. The molecule has 0 unspecified atom stereocenters. The van der Waals surface area contributed by atoms with Crippen LogP contribution in [0, 0.1) is 5.41 Å². The van der Waals surface area contributed by atoms with Crippen LogP contribution in [0.15, 0.2) is 29.8 Å². The Bertz CT molecular complexity index is 465. The van der Waals surface area contributed by atoms with Gasteiger partial charge < -0.3 is 0 Å². The van der Waals surface area contributed by atoms with Crippen LogP contribution in [0.2, 0.25) is 0 Å². The third-order valence-corrected chi connectivity index (χ3v) is 4.66. The fourth-order valence-corrected chi connectivity index (χ4v) is 3.82. The first-order valence-corrected chi connectivity index (χ1v) is 6.36. The van der Waals surface area contributed by atoms with Gasteiger partial charge in [-0.05, 0) is 29.4 Å². The van der Waals surface area contributed by atoms with E-state index in [1.54, 1.807) is 11.1 Å². The minimum atomic E-state index is 0.318. The van der Waals surface area contributed by atoms with Gasteiger partial charge in [-0.3, -0.25) is 0 Å². The monoisotopic (exact) mass is 212 g/mol. The third-order valence-electron chi connectivity index (χ3n) is 4.66. The molecule has 0 saturated heterocycles. The summed E-state index contributed by atoms with van der Waals surface area (Å²) in [6.07, 6.45) is 6.46. The van der Waals surface area contributed by atoms with Gasteiger partial charge in [0.15, 0.2) is 0 Å². The molecular weight excluding hydrogens is 192 g/mol. The zero-order valence-corrected chi connectivity index (χ0v) is 10.5. The van der Waals surface area contributed by atoms with Crippen molar-refractivity contribution in [2.24, 2.45) is 5.41 Å². The van der Waals surface area contributed by atoms with Crippen LogP contribution in [-0.4, -0.2) is 0 Å². The molecule has 0 radical (unpaired) electrons. The highest BCUT2D eigenvalue weighted by molar-refractivity contribution is 5.70. The van der Waals surface area contributed by atoms with Crippen molar-refractivity contribution in [2.45, 2.75) is 45.4 Å². The van der Waals surface area contributed by atoms with Gasteiger partial charge in [-0.1, -0.05) is 63.1 Å². The largest absolute Gasteiger partial charge is 0.0619 e. The van der Waals surface area contributed by atoms with Crippen LogP contribution >= 0.6 is 0 Å². The highest BCUT2D eigenvalue weighted by Gasteiger charge is 2.45. The molecule has 2 aliphatic rings. The number of hydrogen-bond donors (Lipinski definition) is 0. The maximum Gasteiger partial charge on any atom is 0.0148 e. The van der Waals surface area contributed by atoms with E-state index in [9.17, 15) is 0 Å². The number of benzene rings is 1. The van der Waals surface area contributed by atoms with E-state index in [1.165, 1.54) is 24.8 Å². The Hall–Kier alpha value is -1.04. The lowest BCUT2D eigenvalue weighted by atomic mass is 9.60. The molecule has 0 heterocycles. The SMILES string of the molecule is CC1(C)CCC[C@@]2(C)C1=Cc1ccccc12. The van der Waals surface area contributed by atoms with Gasteiger partial charge in [-0.15, -0.1) is 0 Å². The summed E-state index contributed by atoms with van der Waals surface area (Å²) in [4.78, 5) is 0. The highest BCUT2D eigenvalue weighted by atomic mass is 14.5. The average molecular weight is 212 g/mol. The van der Waals surface area contributed by atoms with Crippen molar-refractivity contribution in [3.63, 3.8) is 0 Å². The Morgan fingerprint density at radius 3 is 2.56 bits per heavy atom. The summed E-state index contributed by atoms with van der Waals surface area (Å²) < 4.78 is 0. The van der Waals surface area contributed by atoms with Crippen molar-refractivity contribution in [1.82, 2.24) is 0 Å². The van der Waals surface area contributed by atoms with E-state index in [-0.39, 0.29) is 0 Å². The van der Waals surface area contributed by atoms with Crippen molar-refractivity contribution in [2.75, 3.05) is 0 Å². The van der Waals surface area contributed by atoms with Crippen LogP contribution in [0.4, 0.5) is 0 Å². The molecule has 0 N–H and O–H groups in total. The molecule has 84 valence electrons. The lowest BCUT2D eigenvalue weighted by molar-refractivity contribution is 0.266. The van der Waals surface area contributed by atoms with Crippen molar-refractivity contribution >= 4 is 6.08 Å². The van der Waals surface area contributed by atoms with Crippen molar-refractivity contribution < 1.29 is 0 Å². The van der Waals surface area contributed by atoms with Gasteiger partial charge in [0.25, 0.3) is 0 Å². The summed E-state index contributed by atoms with van der Waals surface area (Å²) in [6.45, 7) is 7.25. The molecule has 1 aromatic carbocycles. The van der Waals surface area contributed by atoms with Crippen LogP contribution in [-0.2, 0) is 5.41 Å². The molecule has 1 atom stereocenters. The van der Waals surface area contributed by atoms with Crippen LogP contribution < -0.4 is 0 Å². The smallest absolute Gasteiger partial charge is 0.0148 e. The maximum absolute atomic E-state index is 2.45. The molecule has 0 nitrogen and oxygen atoms in total. The van der Waals surface area contributed by atoms with Gasteiger partial charge in [0.2, 0.25) is 0 Å². The second-order valence-electron chi connectivity index (χ2n) is 6.21. The van der Waals surface area contributed by atoms with Gasteiger partial charge >= 0.3 is 0 Å². The van der Waals surface area contributed by atoms with Crippen molar-refractivity contribution in [3.05, 3.63) is 41.0 Å². The number of allylic oxidation sites excluding steroid dienone is 1. The summed E-state index contributed by atoms with van der Waals surface area (Å²) in [5.41, 5.74) is 5.37. The first-order chi connectivity index (χ1) is 7.54. The minimum absolute atomic E-state index is 0.318. The average Bonchev–Trinajstić information content (AvgIpc) is 2.54. The molecular formula is C16H20. The van der Waals surface area contributed by atoms with Gasteiger partial charge in [0.05, 0.1) is 0 Å². The van der Waals surface area contributed by atoms with Crippen LogP contribution in [0.1, 0.15) is 51.2 Å². The lowest BCUT2D eigenvalue weighted by Crippen LogP contribution is -2.35. The van der Waals surface area contributed by atoms with Crippen LogP contribution in [0.3, 0.4) is 0 Å². The topological polar surface area (TPSA) is 0 Å². The molecule has 1 aromatic rings. The summed E-state index contributed by atoms with van der Waals surface area (Å²) in [5, 5.41) is 0. The molecule has 16 heavy (non-hydrogen) atoms. The Balaban J connectivity index is 2.21. The summed E-state index contributed by atoms with van der Waals surface area (Å²) in [5.74, 6) is 0. The fraction of sp³-hybridized carbons (Fsp3) is 0.500. The zero-order valence-electron chi connectivity index (χ0n) is 10.5. The molecule has 1 fully saturated rings. The highest BCUT2D eigenvalue weighted by Crippen LogP contribution is 2.56. The van der Waals surface area contributed by atoms with E-state index in [2.05, 4.69) is 51.1 Å². The summed E-state index contributed by atoms with van der Waals surface area (Å²) in [7, 11) is 0. The van der Waals surface area contributed by atoms with Gasteiger partial charge in [-0.25, -0.2) is 0 Å². The van der Waals surface area contributed by atoms with Crippen molar-refractivity contribution in [1.29, 1.82) is 0 Å². The second-order valence-corrected chi connectivity index (χ2v) is 6.21. The van der Waals surface area contributed by atoms with Crippen molar-refractivity contribution in [3.8, 4) is 0 Å². The number of fused-ring (bicyclic) bond motifs is 3. The molecule has 0 spiro atoms. The Kier molecular flexibility index (Phi) is 1.90. The molecule has 3 rings (SSSR count). The quantitative estimate of drug-likeness (QED) is 0.591. The molecule has 0 heteroatoms. The lowest BCUT2D eigenvalue weighted by Gasteiger charge is -2.44. The number of hydrogen-bond acceptors (Lipinski definition) is 0. The van der Waals surface area contributed by atoms with E-state index >= 15 is 0 Å². The second kappa shape index (κ2) is 3.00. The Morgan fingerprint density at radius 2 is 1.75 bits per heavy atom. The zero-order chi connectivity index (χ0) is 11.4. The normalized spacial score (nSPS) is 30.6. The maximum atomic E-state index is 2.45. The summed E-state index contributed by atoms with van der Waals surface area (Å²) in [6, 6.07) is 8.92. The van der Waals surface area contributed by atoms with Gasteiger partial charge in [-0.2, -0.15) is 0 Å². The molecule has 0 amide bonds. The van der Waals surface area contributed by atoms with E-state index in [0.29, 0.717) is 10.8 Å². The Labute approximate surface area is 98.4 Å². The standard InChI is InChI=1S/C16H20/c1-15(2)9-6-10-16(3)13-8-5-4-7-12(13)11-14(15)16/h4-5,7-8,11H,6,9-10H2,1-3H3/t16-/m1/s1. The Morgan fingerprint density at radius 1 is 1.00 bits per heavy atom. The molecule has 1 saturated carbocycles. The predicted octanol–water partition coefficient (Wildman–Crippen LogP) is 4.55. The minimum Gasteiger partial charge on any atom is -0.0619 e.